The first-order valence-electron chi connectivity index (χ1n) is 35.4. The molecule has 0 saturated carbocycles. The van der Waals surface area contributed by atoms with Crippen molar-refractivity contribution in [1.82, 2.24) is 37.2 Å². The maximum Gasteiger partial charge on any atom is 0.407 e. The summed E-state index contributed by atoms with van der Waals surface area (Å²) in [6.07, 6.45) is -3.08. The number of amides is 7. The molecule has 3 aliphatic heterocycles. The summed E-state index contributed by atoms with van der Waals surface area (Å²) in [5, 5.41) is 108. The maximum absolute atomic E-state index is 13.1. The van der Waals surface area contributed by atoms with Crippen molar-refractivity contribution in [3.8, 4) is 0 Å². The first-order valence-corrected chi connectivity index (χ1v) is 35.4. The van der Waals surface area contributed by atoms with E-state index in [9.17, 15) is 79.5 Å². The van der Waals surface area contributed by atoms with Gasteiger partial charge in [0.25, 0.3) is 0 Å². The summed E-state index contributed by atoms with van der Waals surface area (Å²) >= 11 is 0. The molecule has 15 unspecified atom stereocenters. The molecule has 0 aromatic heterocycles. The Balaban J connectivity index is 1.34. The number of nitrogens with one attached hydrogen (secondary N) is 7. The molecule has 0 bridgehead atoms. The maximum atomic E-state index is 13.1. The van der Waals surface area contributed by atoms with E-state index in [-0.39, 0.29) is 89.0 Å². The number of carbonyl (C=O) groups excluding carboxylic acids is 7. The first kappa shape index (κ1) is 88.2. The van der Waals surface area contributed by atoms with Gasteiger partial charge in [-0.25, -0.2) is 14.4 Å². The molecule has 99 heavy (non-hydrogen) atoms. The summed E-state index contributed by atoms with van der Waals surface area (Å²) < 4.78 is 49.4. The number of rotatable bonds is 53. The highest BCUT2D eigenvalue weighted by Gasteiger charge is 2.45. The van der Waals surface area contributed by atoms with E-state index in [0.29, 0.717) is 116 Å². The third-order valence-electron chi connectivity index (χ3n) is 17.2. The van der Waals surface area contributed by atoms with Crippen LogP contribution in [0.25, 0.3) is 0 Å². The third-order valence-corrected chi connectivity index (χ3v) is 17.2. The van der Waals surface area contributed by atoms with E-state index in [1.165, 1.54) is 0 Å². The van der Waals surface area contributed by atoms with Crippen molar-refractivity contribution in [3.63, 3.8) is 0 Å². The Morgan fingerprint density at radius 3 is 0.869 bits per heavy atom. The molecule has 3 saturated heterocycles. The van der Waals surface area contributed by atoms with Crippen molar-refractivity contribution in [1.29, 1.82) is 0 Å². The Kier molecular flexibility index (Phi) is 46.3. The fourth-order valence-electron chi connectivity index (χ4n) is 11.2. The molecule has 35 heteroatoms. The van der Waals surface area contributed by atoms with Gasteiger partial charge in [-0.15, -0.1) is 0 Å². The largest absolute Gasteiger partial charge is 0.450 e. The lowest BCUT2D eigenvalue weighted by Gasteiger charge is -2.40. The lowest BCUT2D eigenvalue weighted by molar-refractivity contribution is -0.265. The number of aliphatic hydroxyl groups is 9. The average Bonchev–Trinajstić information content (AvgIpc) is 0.842. The number of aliphatic hydroxyl groups excluding tert-OH is 9. The molecule has 3 fully saturated rings. The summed E-state index contributed by atoms with van der Waals surface area (Å²) in [5.74, 6) is -0.721. The summed E-state index contributed by atoms with van der Waals surface area (Å²) in [4.78, 5) is 88.2. The van der Waals surface area contributed by atoms with Gasteiger partial charge in [0.15, 0.2) is 18.9 Å². The zero-order valence-electron chi connectivity index (χ0n) is 57.7. The van der Waals surface area contributed by atoms with Crippen molar-refractivity contribution in [2.45, 2.75) is 265 Å². The van der Waals surface area contributed by atoms with E-state index in [1.54, 1.807) is 6.92 Å². The average molecular weight is 1430 g/mol. The number of unbranched alkanes of at least 4 members (excludes halogenated alkanes) is 9. The molecule has 3 aliphatic rings. The molecule has 0 aliphatic carbocycles. The van der Waals surface area contributed by atoms with Crippen LogP contribution < -0.4 is 54.4 Å². The lowest BCUT2D eigenvalue weighted by atomic mass is 9.83. The first-order chi connectivity index (χ1) is 47.6. The van der Waals surface area contributed by atoms with Crippen molar-refractivity contribution in [3.05, 3.63) is 0 Å². The van der Waals surface area contributed by atoms with Crippen LogP contribution >= 0.6 is 0 Å². The van der Waals surface area contributed by atoms with Crippen molar-refractivity contribution in [2.24, 2.45) is 17.2 Å². The number of carbonyl (C=O) groups is 7. The SMILES string of the molecule is CCC(=O)NC(CCCOC(=O)NCCCCCCNC(=O)CCCOC1OC(CO)C(O)C(O)C1N)(CCCOC(=O)NCCCCCCNC(=O)CCCOC1OC(CO)C(O)C(O)C1N)CCCOC(=O)NCCCCCCNC(=O)CCCOC1OC(CO)C(O)C(O)C1N. The van der Waals surface area contributed by atoms with Crippen LogP contribution in [0.15, 0.2) is 0 Å². The normalized spacial score (nSPS) is 25.9. The van der Waals surface area contributed by atoms with E-state index in [4.69, 9.17) is 59.8 Å². The summed E-state index contributed by atoms with van der Waals surface area (Å²) in [6, 6.07) is -3.06. The van der Waals surface area contributed by atoms with Crippen LogP contribution in [0.4, 0.5) is 14.4 Å². The summed E-state index contributed by atoms with van der Waals surface area (Å²) in [6.45, 7) is 3.11. The smallest absolute Gasteiger partial charge is 0.407 e. The third kappa shape index (κ3) is 36.1. The minimum Gasteiger partial charge on any atom is -0.450 e. The van der Waals surface area contributed by atoms with Gasteiger partial charge >= 0.3 is 18.3 Å². The van der Waals surface area contributed by atoms with Crippen LogP contribution in [0.1, 0.15) is 167 Å². The zero-order valence-corrected chi connectivity index (χ0v) is 57.7. The molecule has 0 aromatic rings. The van der Waals surface area contributed by atoms with E-state index < -0.39 is 136 Å². The Hall–Kier alpha value is -5.03. The van der Waals surface area contributed by atoms with Crippen molar-refractivity contribution in [2.75, 3.05) is 98.7 Å². The van der Waals surface area contributed by atoms with Crippen LogP contribution in [0.2, 0.25) is 0 Å². The Labute approximate surface area is 580 Å². The molecule has 22 N–H and O–H groups in total. The van der Waals surface area contributed by atoms with Crippen LogP contribution in [-0.2, 0) is 61.8 Å². The Morgan fingerprint density at radius 2 is 0.616 bits per heavy atom. The molecule has 15 atom stereocenters. The Bertz CT molecular complexity index is 2020. The van der Waals surface area contributed by atoms with E-state index in [1.807, 2.05) is 0 Å². The van der Waals surface area contributed by atoms with Gasteiger partial charge in [-0.1, -0.05) is 45.4 Å². The van der Waals surface area contributed by atoms with E-state index >= 15 is 0 Å². The Morgan fingerprint density at radius 1 is 0.354 bits per heavy atom. The number of alkyl carbamates (subject to hydrolysis) is 3. The molecular formula is C64H120N10O25. The quantitative estimate of drug-likeness (QED) is 0.0221. The molecule has 35 nitrogen and oxygen atoms in total. The lowest BCUT2D eigenvalue weighted by Crippen LogP contribution is -2.62. The fourth-order valence-corrected chi connectivity index (χ4v) is 11.2. The molecule has 0 radical (unpaired) electrons. The van der Waals surface area contributed by atoms with Crippen LogP contribution in [-0.4, -0.2) is 284 Å². The van der Waals surface area contributed by atoms with E-state index in [0.717, 1.165) is 57.8 Å². The molecule has 3 heterocycles. The predicted octanol–water partition coefficient (Wildman–Crippen LogP) is -2.51. The fraction of sp³-hybridized carbons (Fsp3) is 0.891. The highest BCUT2D eigenvalue weighted by molar-refractivity contribution is 5.77. The standard InChI is InChI=1S/C64H120N10O25/c1-2-45(78)74-64(24-18-36-94-61(88)71-30-12-6-3-9-27-68-46(79)21-15-33-91-58-49(65)55(85)52(82)42(39-75)97-58,25-19-37-95-62(89)72-31-13-7-4-10-28-69-47(80)22-16-34-92-59-50(66)56(86)53(83)43(40-76)98-59)26-20-38-96-63(90)73-32-14-8-5-11-29-70-48(81)23-17-35-93-60-51(67)57(87)54(84)44(41-77)99-60/h42-44,49-60,75-77,82-87H,2-41,65-67H2,1H3,(H,68,79)(H,69,80)(H,70,81)(H,71,88)(H,72,89)(H,73,90)(H,74,78). The monoisotopic (exact) mass is 1430 g/mol. The number of hydrogen-bond acceptors (Lipinski definition) is 28. The molecule has 0 aromatic carbocycles. The minimum atomic E-state index is -1.34. The second-order valence-corrected chi connectivity index (χ2v) is 25.2. The zero-order chi connectivity index (χ0) is 72.8. The van der Waals surface area contributed by atoms with Gasteiger partial charge in [0.1, 0.15) is 54.9 Å². The number of hydrogen-bond donors (Lipinski definition) is 19. The van der Waals surface area contributed by atoms with Gasteiger partial charge in [-0.3, -0.25) is 19.2 Å². The van der Waals surface area contributed by atoms with Gasteiger partial charge in [0.2, 0.25) is 23.6 Å². The van der Waals surface area contributed by atoms with Crippen LogP contribution in [0.5, 0.6) is 0 Å². The molecule has 0 spiro atoms. The minimum absolute atomic E-state index is 0.0406. The summed E-state index contributed by atoms with van der Waals surface area (Å²) in [7, 11) is 0. The highest BCUT2D eigenvalue weighted by Crippen LogP contribution is 2.28. The van der Waals surface area contributed by atoms with E-state index in [2.05, 4.69) is 37.2 Å². The van der Waals surface area contributed by atoms with Gasteiger partial charge in [-0.05, 0) is 96.3 Å². The molecule has 576 valence electrons. The van der Waals surface area contributed by atoms with Crippen molar-refractivity contribution >= 4 is 41.9 Å². The van der Waals surface area contributed by atoms with Crippen LogP contribution in [0, 0.1) is 0 Å². The van der Waals surface area contributed by atoms with Gasteiger partial charge in [-0.2, -0.15) is 0 Å². The highest BCUT2D eigenvalue weighted by atomic mass is 16.7. The molecular weight excluding hydrogens is 1310 g/mol. The second kappa shape index (κ2) is 52.0. The second-order valence-electron chi connectivity index (χ2n) is 25.2. The molecule has 3 rings (SSSR count). The van der Waals surface area contributed by atoms with Crippen molar-refractivity contribution < 1.29 is 122 Å². The van der Waals surface area contributed by atoms with Gasteiger partial charge < -0.3 is 143 Å². The van der Waals surface area contributed by atoms with Crippen LogP contribution in [0.3, 0.4) is 0 Å². The summed E-state index contributed by atoms with van der Waals surface area (Å²) in [5.41, 5.74) is 16.8. The predicted molar refractivity (Wildman–Crippen MR) is 354 cm³/mol. The topological polar surface area (TPSA) is 547 Å². The van der Waals surface area contributed by atoms with Gasteiger partial charge in [0, 0.05) is 70.5 Å². The molecule has 7 amide bonds. The number of nitrogens with two attached hydrogens (primary N) is 3. The van der Waals surface area contributed by atoms with Gasteiger partial charge in [0.05, 0.1) is 77.6 Å². The number of ether oxygens (including phenoxy) is 9.